The fourth-order valence-electron chi connectivity index (χ4n) is 3.16. The van der Waals surface area contributed by atoms with E-state index in [2.05, 4.69) is 15.7 Å². The Bertz CT molecular complexity index is 947. The molecule has 10 heteroatoms. The van der Waals surface area contributed by atoms with Gasteiger partial charge >= 0.3 is 5.97 Å². The van der Waals surface area contributed by atoms with Crippen LogP contribution in [0.1, 0.15) is 63.7 Å². The lowest BCUT2D eigenvalue weighted by atomic mass is 10.1. The van der Waals surface area contributed by atoms with Crippen LogP contribution in [0.5, 0.6) is 0 Å². The number of ether oxygens (including phenoxy) is 1. The van der Waals surface area contributed by atoms with E-state index in [1.165, 1.54) is 18.4 Å². The van der Waals surface area contributed by atoms with Crippen LogP contribution in [0.3, 0.4) is 0 Å². The first kappa shape index (κ1) is 23.8. The number of aryl methyl sites for hydroxylation is 1. The van der Waals surface area contributed by atoms with E-state index >= 15 is 0 Å². The topological polar surface area (TPSA) is 88.5 Å². The van der Waals surface area contributed by atoms with Gasteiger partial charge in [-0.25, -0.2) is 4.79 Å². The van der Waals surface area contributed by atoms with E-state index in [-0.39, 0.29) is 11.9 Å². The number of thiophene rings is 1. The summed E-state index contributed by atoms with van der Waals surface area (Å²) >= 11 is 6.68. The molecule has 0 radical (unpaired) electrons. The zero-order valence-electron chi connectivity index (χ0n) is 18.5. The second-order valence-corrected chi connectivity index (χ2v) is 8.29. The largest absolute Gasteiger partial charge is 0.465 e. The van der Waals surface area contributed by atoms with Crippen LogP contribution in [0.25, 0.3) is 0 Å². The predicted molar refractivity (Wildman–Crippen MR) is 123 cm³/mol. The number of hydrogen-bond donors (Lipinski definition) is 2. The van der Waals surface area contributed by atoms with Crippen LogP contribution in [-0.4, -0.2) is 51.9 Å². The number of thiocarbonyl (C=S) groups is 1. The minimum atomic E-state index is -0.510. The third-order valence-corrected chi connectivity index (χ3v) is 6.51. The second-order valence-electron chi connectivity index (χ2n) is 6.86. The fraction of sp³-hybridized carbons (Fsp3) is 0.500. The molecule has 2 heterocycles. The van der Waals surface area contributed by atoms with Gasteiger partial charge in [0.1, 0.15) is 5.00 Å². The fourth-order valence-corrected chi connectivity index (χ4v) is 4.67. The number of carbonyl (C=O) groups excluding carboxylic acids is 2. The standard InChI is InChI=1S/C20H29N5O3S2/c1-8-25(9-2)18(26)16-11(3)15(19(27)28-7)17(30-16)23-20(29)22-12(4)14-10-21-24(6)13(14)5/h10,12H,8-9H2,1-7H3,(H2,22,23,29). The molecule has 0 aromatic carbocycles. The molecule has 2 aromatic rings. The Labute approximate surface area is 186 Å². The van der Waals surface area contributed by atoms with E-state index in [1.54, 1.807) is 22.7 Å². The summed E-state index contributed by atoms with van der Waals surface area (Å²) < 4.78 is 6.74. The van der Waals surface area contributed by atoms with Crippen LogP contribution in [-0.2, 0) is 11.8 Å². The number of amides is 1. The molecule has 30 heavy (non-hydrogen) atoms. The van der Waals surface area contributed by atoms with E-state index < -0.39 is 5.97 Å². The van der Waals surface area contributed by atoms with Gasteiger partial charge in [-0.2, -0.15) is 5.10 Å². The molecule has 0 fully saturated rings. The molecule has 0 aliphatic carbocycles. The van der Waals surface area contributed by atoms with Crippen molar-refractivity contribution in [3.05, 3.63) is 33.5 Å². The van der Waals surface area contributed by atoms with E-state index in [9.17, 15) is 9.59 Å². The SMILES string of the molecule is CCN(CC)C(=O)c1sc(NC(=S)NC(C)c2cnn(C)c2C)c(C(=O)OC)c1C. The average Bonchev–Trinajstić information content (AvgIpc) is 3.21. The number of anilines is 1. The summed E-state index contributed by atoms with van der Waals surface area (Å²) in [5.41, 5.74) is 2.97. The minimum Gasteiger partial charge on any atom is -0.465 e. The minimum absolute atomic E-state index is 0.0851. The van der Waals surface area contributed by atoms with Crippen molar-refractivity contribution in [2.45, 2.75) is 40.7 Å². The summed E-state index contributed by atoms with van der Waals surface area (Å²) in [6.07, 6.45) is 1.80. The van der Waals surface area contributed by atoms with Crippen molar-refractivity contribution in [2.24, 2.45) is 7.05 Å². The number of hydrogen-bond acceptors (Lipinski definition) is 6. The second kappa shape index (κ2) is 10.0. The van der Waals surface area contributed by atoms with Crippen LogP contribution in [0.2, 0.25) is 0 Å². The lowest BCUT2D eigenvalue weighted by Crippen LogP contribution is -2.31. The first-order chi connectivity index (χ1) is 14.2. The van der Waals surface area contributed by atoms with Crippen LogP contribution >= 0.6 is 23.6 Å². The summed E-state index contributed by atoms with van der Waals surface area (Å²) in [7, 11) is 3.20. The Balaban J connectivity index is 2.30. The summed E-state index contributed by atoms with van der Waals surface area (Å²) in [5, 5.41) is 11.4. The van der Waals surface area contributed by atoms with Crippen molar-refractivity contribution in [1.82, 2.24) is 20.0 Å². The lowest BCUT2D eigenvalue weighted by molar-refractivity contribution is 0.0601. The third kappa shape index (κ3) is 4.81. The van der Waals surface area contributed by atoms with Crippen molar-refractivity contribution >= 4 is 45.5 Å². The van der Waals surface area contributed by atoms with Crippen molar-refractivity contribution < 1.29 is 14.3 Å². The predicted octanol–water partition coefficient (Wildman–Crippen LogP) is 3.41. The zero-order valence-corrected chi connectivity index (χ0v) is 20.1. The van der Waals surface area contributed by atoms with Crippen molar-refractivity contribution in [2.75, 3.05) is 25.5 Å². The van der Waals surface area contributed by atoms with Crippen molar-refractivity contribution in [3.8, 4) is 0 Å². The maximum absolute atomic E-state index is 12.9. The first-order valence-corrected chi connectivity index (χ1v) is 11.0. The highest BCUT2D eigenvalue weighted by Gasteiger charge is 2.27. The van der Waals surface area contributed by atoms with Gasteiger partial charge in [0.25, 0.3) is 5.91 Å². The maximum atomic E-state index is 12.9. The monoisotopic (exact) mass is 451 g/mol. The Morgan fingerprint density at radius 2 is 1.97 bits per heavy atom. The molecule has 0 saturated carbocycles. The van der Waals surface area contributed by atoms with Gasteiger partial charge in [0.15, 0.2) is 5.11 Å². The van der Waals surface area contributed by atoms with Crippen molar-refractivity contribution in [3.63, 3.8) is 0 Å². The number of nitrogens with zero attached hydrogens (tertiary/aromatic N) is 3. The van der Waals surface area contributed by atoms with E-state index in [0.717, 1.165) is 11.3 Å². The van der Waals surface area contributed by atoms with Gasteiger partial charge < -0.3 is 20.3 Å². The van der Waals surface area contributed by atoms with Crippen LogP contribution in [0, 0.1) is 13.8 Å². The molecule has 0 aliphatic heterocycles. The molecule has 2 N–H and O–H groups in total. The molecule has 0 aliphatic rings. The molecule has 1 atom stereocenters. The van der Waals surface area contributed by atoms with Crippen LogP contribution in [0.15, 0.2) is 6.20 Å². The quantitative estimate of drug-likeness (QED) is 0.493. The van der Waals surface area contributed by atoms with Gasteiger partial charge in [0, 0.05) is 31.4 Å². The number of methoxy groups -OCH3 is 1. The average molecular weight is 452 g/mol. The molecule has 0 bridgehead atoms. The number of carbonyl (C=O) groups is 2. The van der Waals surface area contributed by atoms with E-state index in [4.69, 9.17) is 17.0 Å². The van der Waals surface area contributed by atoms with E-state index in [1.807, 2.05) is 34.7 Å². The molecule has 2 aromatic heterocycles. The number of esters is 1. The highest BCUT2D eigenvalue weighted by atomic mass is 32.1. The Hall–Kier alpha value is -2.46. The highest BCUT2D eigenvalue weighted by molar-refractivity contribution is 7.80. The highest BCUT2D eigenvalue weighted by Crippen LogP contribution is 2.34. The Morgan fingerprint density at radius 1 is 1.33 bits per heavy atom. The Morgan fingerprint density at radius 3 is 2.47 bits per heavy atom. The van der Waals surface area contributed by atoms with Gasteiger partial charge in [0.2, 0.25) is 0 Å². The molecule has 2 rings (SSSR count). The molecular formula is C20H29N5O3S2. The summed E-state index contributed by atoms with van der Waals surface area (Å²) in [4.78, 5) is 27.5. The summed E-state index contributed by atoms with van der Waals surface area (Å²) in [6, 6.07) is -0.0851. The molecular weight excluding hydrogens is 422 g/mol. The van der Waals surface area contributed by atoms with Crippen LogP contribution in [0.4, 0.5) is 5.00 Å². The van der Waals surface area contributed by atoms with Gasteiger partial charge in [-0.1, -0.05) is 0 Å². The normalized spacial score (nSPS) is 11.7. The van der Waals surface area contributed by atoms with Gasteiger partial charge in [-0.05, 0) is 52.4 Å². The smallest absolute Gasteiger partial charge is 0.341 e. The number of aromatic nitrogens is 2. The first-order valence-electron chi connectivity index (χ1n) is 9.73. The van der Waals surface area contributed by atoms with Crippen molar-refractivity contribution in [1.29, 1.82) is 0 Å². The number of rotatable bonds is 7. The number of nitrogens with one attached hydrogen (secondary N) is 2. The Kier molecular flexibility index (Phi) is 7.96. The molecule has 1 amide bonds. The third-order valence-electron chi connectivity index (χ3n) is 5.10. The molecule has 0 saturated heterocycles. The summed E-state index contributed by atoms with van der Waals surface area (Å²) in [5.74, 6) is -0.622. The zero-order chi connectivity index (χ0) is 22.6. The van der Waals surface area contributed by atoms with Gasteiger partial charge in [-0.15, -0.1) is 11.3 Å². The maximum Gasteiger partial charge on any atom is 0.341 e. The molecule has 0 spiro atoms. The van der Waals surface area contributed by atoms with Gasteiger partial charge in [-0.3, -0.25) is 9.48 Å². The van der Waals surface area contributed by atoms with Gasteiger partial charge in [0.05, 0.1) is 29.8 Å². The molecule has 8 nitrogen and oxygen atoms in total. The molecule has 164 valence electrons. The summed E-state index contributed by atoms with van der Waals surface area (Å²) in [6.45, 7) is 10.7. The van der Waals surface area contributed by atoms with E-state index in [0.29, 0.717) is 39.2 Å². The lowest BCUT2D eigenvalue weighted by Gasteiger charge is -2.18. The van der Waals surface area contributed by atoms with Crippen LogP contribution < -0.4 is 10.6 Å². The molecule has 1 unspecified atom stereocenters.